The normalized spacial score (nSPS) is 10.9. The van der Waals surface area contributed by atoms with Gasteiger partial charge in [0.05, 0.1) is 24.7 Å². The summed E-state index contributed by atoms with van der Waals surface area (Å²) in [6, 6.07) is 21.9. The van der Waals surface area contributed by atoms with E-state index in [0.717, 1.165) is 45.2 Å². The average Bonchev–Trinajstić information content (AvgIpc) is 3.12. The molecule has 5 heteroatoms. The molecule has 30 heavy (non-hydrogen) atoms. The lowest BCUT2D eigenvalue weighted by molar-refractivity contribution is 0.270. The Balaban J connectivity index is 1.52. The Morgan fingerprint density at radius 1 is 0.833 bits per heavy atom. The van der Waals surface area contributed by atoms with Crippen LogP contribution in [0.2, 0.25) is 0 Å². The van der Waals surface area contributed by atoms with Crippen LogP contribution in [0.5, 0.6) is 17.2 Å². The van der Waals surface area contributed by atoms with Crippen LogP contribution in [0.25, 0.3) is 11.0 Å². The molecular weight excluding hydrogens is 376 g/mol. The van der Waals surface area contributed by atoms with E-state index in [0.29, 0.717) is 19.8 Å². The van der Waals surface area contributed by atoms with Crippen LogP contribution in [0, 0.1) is 13.8 Å². The number of aromatic nitrogens is 2. The Kier molecular flexibility index (Phi) is 5.89. The van der Waals surface area contributed by atoms with Crippen LogP contribution in [-0.2, 0) is 13.2 Å². The molecule has 0 radical (unpaired) electrons. The molecule has 0 aliphatic rings. The van der Waals surface area contributed by atoms with E-state index in [-0.39, 0.29) is 0 Å². The first-order chi connectivity index (χ1) is 14.7. The number of hydrogen-bond acceptors (Lipinski definition) is 4. The Hall–Kier alpha value is -3.47. The summed E-state index contributed by atoms with van der Waals surface area (Å²) < 4.78 is 19.6. The van der Waals surface area contributed by atoms with Crippen molar-refractivity contribution in [1.29, 1.82) is 0 Å². The van der Waals surface area contributed by atoms with Gasteiger partial charge in [0.15, 0.2) is 0 Å². The minimum absolute atomic E-state index is 0.366. The highest BCUT2D eigenvalue weighted by molar-refractivity contribution is 5.75. The van der Waals surface area contributed by atoms with Gasteiger partial charge in [-0.1, -0.05) is 36.4 Å². The van der Waals surface area contributed by atoms with E-state index in [4.69, 9.17) is 19.2 Å². The Bertz CT molecular complexity index is 1130. The van der Waals surface area contributed by atoms with Gasteiger partial charge in [-0.3, -0.25) is 0 Å². The zero-order valence-corrected chi connectivity index (χ0v) is 17.6. The minimum atomic E-state index is 0.366. The van der Waals surface area contributed by atoms with Crippen molar-refractivity contribution in [2.75, 3.05) is 13.7 Å². The number of imidazole rings is 1. The highest BCUT2D eigenvalue weighted by atomic mass is 16.5. The molecule has 0 N–H and O–H groups in total. The quantitative estimate of drug-likeness (QED) is 0.400. The fourth-order valence-electron chi connectivity index (χ4n) is 3.59. The monoisotopic (exact) mass is 402 g/mol. The molecule has 0 fully saturated rings. The Morgan fingerprint density at radius 2 is 1.57 bits per heavy atom. The van der Waals surface area contributed by atoms with Crippen molar-refractivity contribution in [1.82, 2.24) is 9.55 Å². The zero-order chi connectivity index (χ0) is 20.9. The number of benzene rings is 3. The summed E-state index contributed by atoms with van der Waals surface area (Å²) in [5, 5.41) is 0. The van der Waals surface area contributed by atoms with E-state index in [1.807, 2.05) is 42.5 Å². The number of hydrogen-bond donors (Lipinski definition) is 0. The molecule has 4 rings (SSSR count). The van der Waals surface area contributed by atoms with Crippen molar-refractivity contribution >= 4 is 11.0 Å². The van der Waals surface area contributed by atoms with Crippen LogP contribution >= 0.6 is 0 Å². The van der Waals surface area contributed by atoms with E-state index in [1.165, 1.54) is 0 Å². The van der Waals surface area contributed by atoms with Gasteiger partial charge in [-0.15, -0.1) is 0 Å². The van der Waals surface area contributed by atoms with Crippen molar-refractivity contribution in [3.63, 3.8) is 0 Å². The molecule has 3 aromatic carbocycles. The van der Waals surface area contributed by atoms with Crippen LogP contribution in [0.4, 0.5) is 0 Å². The first-order valence-electron chi connectivity index (χ1n) is 10.1. The van der Waals surface area contributed by atoms with Gasteiger partial charge >= 0.3 is 0 Å². The first-order valence-corrected chi connectivity index (χ1v) is 10.1. The van der Waals surface area contributed by atoms with E-state index in [9.17, 15) is 0 Å². The molecule has 4 aromatic rings. The lowest BCUT2D eigenvalue weighted by atomic mass is 10.1. The number of ether oxygens (including phenoxy) is 3. The van der Waals surface area contributed by atoms with Gasteiger partial charge in [-0.2, -0.15) is 0 Å². The van der Waals surface area contributed by atoms with Gasteiger partial charge in [0, 0.05) is 6.07 Å². The molecular formula is C25H26N2O3. The predicted molar refractivity (Wildman–Crippen MR) is 118 cm³/mol. The second-order valence-corrected chi connectivity index (χ2v) is 7.21. The zero-order valence-electron chi connectivity index (χ0n) is 17.6. The van der Waals surface area contributed by atoms with Crippen LogP contribution in [0.1, 0.15) is 17.0 Å². The Morgan fingerprint density at radius 3 is 2.37 bits per heavy atom. The number of methoxy groups -OCH3 is 1. The van der Waals surface area contributed by atoms with Crippen LogP contribution < -0.4 is 14.2 Å². The number of rotatable bonds is 8. The summed E-state index contributed by atoms with van der Waals surface area (Å²) in [6.45, 7) is 5.75. The molecule has 0 aliphatic heterocycles. The summed E-state index contributed by atoms with van der Waals surface area (Å²) in [6.07, 6.45) is 0. The van der Waals surface area contributed by atoms with Crippen molar-refractivity contribution in [2.24, 2.45) is 0 Å². The van der Waals surface area contributed by atoms with E-state index >= 15 is 0 Å². The number of nitrogens with zero attached hydrogens (tertiary/aromatic N) is 2. The molecule has 0 bridgehead atoms. The summed E-state index contributed by atoms with van der Waals surface area (Å²) in [4.78, 5) is 4.78. The highest BCUT2D eigenvalue weighted by Gasteiger charge is 2.12. The predicted octanol–water partition coefficient (Wildman–Crippen LogP) is 5.32. The number of para-hydroxylation sites is 3. The van der Waals surface area contributed by atoms with E-state index < -0.39 is 0 Å². The fraction of sp³-hybridized carbons (Fsp3) is 0.240. The largest absolute Gasteiger partial charge is 0.497 e. The minimum Gasteiger partial charge on any atom is -0.497 e. The van der Waals surface area contributed by atoms with Gasteiger partial charge in [-0.05, 0) is 49.2 Å². The third-order valence-corrected chi connectivity index (χ3v) is 5.11. The number of fused-ring (bicyclic) bond motifs is 1. The topological polar surface area (TPSA) is 45.5 Å². The lowest BCUT2D eigenvalue weighted by Crippen LogP contribution is -2.13. The second kappa shape index (κ2) is 8.91. The van der Waals surface area contributed by atoms with E-state index in [1.54, 1.807) is 7.11 Å². The third kappa shape index (κ3) is 4.25. The molecule has 0 unspecified atom stereocenters. The highest BCUT2D eigenvalue weighted by Crippen LogP contribution is 2.24. The molecule has 0 saturated carbocycles. The average molecular weight is 402 g/mol. The Labute approximate surface area is 176 Å². The smallest absolute Gasteiger partial charge is 0.148 e. The van der Waals surface area contributed by atoms with Crippen molar-refractivity contribution in [3.05, 3.63) is 83.7 Å². The lowest BCUT2D eigenvalue weighted by Gasteiger charge is -2.14. The van der Waals surface area contributed by atoms with Gasteiger partial charge in [-0.25, -0.2) is 4.98 Å². The van der Waals surface area contributed by atoms with Crippen molar-refractivity contribution in [2.45, 2.75) is 27.0 Å². The van der Waals surface area contributed by atoms with E-state index in [2.05, 4.69) is 42.7 Å². The maximum Gasteiger partial charge on any atom is 0.148 e. The summed E-state index contributed by atoms with van der Waals surface area (Å²) >= 11 is 0. The number of aryl methyl sites for hydroxylation is 2. The molecule has 0 saturated heterocycles. The maximum atomic E-state index is 6.13. The molecule has 0 amide bonds. The van der Waals surface area contributed by atoms with Crippen LogP contribution in [-0.4, -0.2) is 23.3 Å². The molecule has 154 valence electrons. The summed E-state index contributed by atoms with van der Waals surface area (Å²) in [5.41, 5.74) is 4.32. The third-order valence-electron chi connectivity index (χ3n) is 5.11. The van der Waals surface area contributed by atoms with Gasteiger partial charge in [0.2, 0.25) is 0 Å². The first kappa shape index (κ1) is 19.8. The van der Waals surface area contributed by atoms with Crippen LogP contribution in [0.3, 0.4) is 0 Å². The van der Waals surface area contributed by atoms with Crippen molar-refractivity contribution < 1.29 is 14.2 Å². The maximum absolute atomic E-state index is 6.13. The fourth-order valence-corrected chi connectivity index (χ4v) is 3.59. The second-order valence-electron chi connectivity index (χ2n) is 7.21. The summed E-state index contributed by atoms with van der Waals surface area (Å²) in [7, 11) is 1.65. The molecule has 0 atom stereocenters. The van der Waals surface area contributed by atoms with Gasteiger partial charge < -0.3 is 18.8 Å². The van der Waals surface area contributed by atoms with Crippen molar-refractivity contribution in [3.8, 4) is 17.2 Å². The van der Waals surface area contributed by atoms with Gasteiger partial charge in [0.25, 0.3) is 0 Å². The molecule has 1 aromatic heterocycles. The molecule has 0 aliphatic carbocycles. The molecule has 0 spiro atoms. The van der Waals surface area contributed by atoms with Crippen LogP contribution in [0.15, 0.2) is 66.7 Å². The SMILES string of the molecule is COc1cccc(OCc2nc3ccccc3n2CCOc2c(C)cccc2C)c1. The molecule has 5 nitrogen and oxygen atoms in total. The summed E-state index contributed by atoms with van der Waals surface area (Å²) in [5.74, 6) is 3.34. The van der Waals surface area contributed by atoms with Gasteiger partial charge in [0.1, 0.15) is 36.3 Å². The molecule has 1 heterocycles. The standard InChI is InChI=1S/C25H26N2O3/c1-18-8-6-9-19(2)25(18)29-15-14-27-23-13-5-4-12-22(23)26-24(27)17-30-21-11-7-10-20(16-21)28-3/h4-13,16H,14-15,17H2,1-3H3.